The second-order valence-electron chi connectivity index (χ2n) is 6.00. The quantitative estimate of drug-likeness (QED) is 0.929. The van der Waals surface area contributed by atoms with Crippen molar-refractivity contribution >= 4 is 6.09 Å². The lowest BCUT2D eigenvalue weighted by molar-refractivity contribution is 0.0505. The van der Waals surface area contributed by atoms with Crippen molar-refractivity contribution in [3.05, 3.63) is 29.9 Å². The summed E-state index contributed by atoms with van der Waals surface area (Å²) >= 11 is 0. The first-order valence-electron chi connectivity index (χ1n) is 7.07. The van der Waals surface area contributed by atoms with Crippen LogP contribution in [-0.4, -0.2) is 36.4 Å². The van der Waals surface area contributed by atoms with Crippen molar-refractivity contribution in [1.29, 1.82) is 0 Å². The zero-order valence-electron chi connectivity index (χ0n) is 13.7. The number of hydrogen-bond donors (Lipinski definition) is 1. The summed E-state index contributed by atoms with van der Waals surface area (Å²) in [5.74, 6) is 0.512. The number of aryl methyl sites for hydroxylation is 1. The van der Waals surface area contributed by atoms with Crippen molar-refractivity contribution in [2.75, 3.05) is 0 Å². The number of nitrogens with zero attached hydrogens (tertiary/aromatic N) is 5. The van der Waals surface area contributed by atoms with Crippen LogP contribution in [0.3, 0.4) is 0 Å². The number of carbonyl (C=O) groups is 1. The first kappa shape index (κ1) is 16.8. The number of halogens is 1. The third-order valence-corrected chi connectivity index (χ3v) is 2.65. The van der Waals surface area contributed by atoms with Gasteiger partial charge in [-0.3, -0.25) is 0 Å². The third kappa shape index (κ3) is 4.44. The molecular weight excluding hydrogens is 303 g/mol. The van der Waals surface area contributed by atoms with E-state index in [4.69, 9.17) is 4.74 Å². The van der Waals surface area contributed by atoms with Gasteiger partial charge in [-0.25, -0.2) is 24.1 Å². The fourth-order valence-electron chi connectivity index (χ4n) is 1.82. The van der Waals surface area contributed by atoms with Gasteiger partial charge in [-0.15, -0.1) is 5.10 Å². The number of nitrogens with one attached hydrogen (secondary N) is 1. The minimum atomic E-state index is -0.604. The van der Waals surface area contributed by atoms with E-state index in [0.29, 0.717) is 11.6 Å². The summed E-state index contributed by atoms with van der Waals surface area (Å²) in [4.78, 5) is 23.9. The maximum Gasteiger partial charge on any atom is 0.408 e. The molecule has 0 spiro atoms. The average Bonchev–Trinajstić information content (AvgIpc) is 2.79. The van der Waals surface area contributed by atoms with Gasteiger partial charge in [-0.05, 0) is 34.6 Å². The number of carbonyl (C=O) groups excluding carboxylic acids is 1. The summed E-state index contributed by atoms with van der Waals surface area (Å²) in [7, 11) is 0. The van der Waals surface area contributed by atoms with E-state index in [9.17, 15) is 9.18 Å². The molecular formula is C14H19FN6O2. The Balaban J connectivity index is 2.22. The van der Waals surface area contributed by atoms with Gasteiger partial charge in [-0.1, -0.05) is 0 Å². The first-order valence-corrected chi connectivity index (χ1v) is 7.07. The van der Waals surface area contributed by atoms with Crippen molar-refractivity contribution in [3.63, 3.8) is 0 Å². The lowest BCUT2D eigenvalue weighted by Crippen LogP contribution is -2.35. The second-order valence-corrected chi connectivity index (χ2v) is 6.00. The van der Waals surface area contributed by atoms with Crippen LogP contribution in [0.5, 0.6) is 0 Å². The molecule has 0 aliphatic rings. The zero-order chi connectivity index (χ0) is 17.2. The Labute approximate surface area is 133 Å². The summed E-state index contributed by atoms with van der Waals surface area (Å²) in [6.45, 7) is 8.75. The van der Waals surface area contributed by atoms with Crippen LogP contribution in [0.15, 0.2) is 12.4 Å². The first-order chi connectivity index (χ1) is 10.7. The molecule has 0 unspecified atom stereocenters. The Hall–Kier alpha value is -2.58. The molecule has 0 fully saturated rings. The molecule has 0 bridgehead atoms. The highest BCUT2D eigenvalue weighted by Gasteiger charge is 2.22. The standard InChI is InChI=1S/C14H19FN6O2/c1-8(18-13(22)23-14(3,4)5)11-19-9(2)20-21(11)12-16-6-10(15)7-17-12/h6-8H,1-5H3,(H,18,22)/t8-/m0/s1. The lowest BCUT2D eigenvalue weighted by atomic mass is 10.2. The minimum Gasteiger partial charge on any atom is -0.444 e. The predicted octanol–water partition coefficient (Wildman–Crippen LogP) is 2.09. The van der Waals surface area contributed by atoms with E-state index in [1.54, 1.807) is 34.6 Å². The highest BCUT2D eigenvalue weighted by atomic mass is 19.1. The van der Waals surface area contributed by atoms with Crippen molar-refractivity contribution in [1.82, 2.24) is 30.0 Å². The van der Waals surface area contributed by atoms with E-state index in [-0.39, 0.29) is 5.95 Å². The fourth-order valence-corrected chi connectivity index (χ4v) is 1.82. The van der Waals surface area contributed by atoms with Crippen molar-refractivity contribution in [2.45, 2.75) is 46.3 Å². The summed E-state index contributed by atoms with van der Waals surface area (Å²) in [5.41, 5.74) is -0.604. The van der Waals surface area contributed by atoms with E-state index in [0.717, 1.165) is 12.4 Å². The number of ether oxygens (including phenoxy) is 1. The van der Waals surface area contributed by atoms with Crippen molar-refractivity contribution < 1.29 is 13.9 Å². The number of alkyl carbamates (subject to hydrolysis) is 1. The SMILES string of the molecule is Cc1nc([C@H](C)NC(=O)OC(C)(C)C)n(-c2ncc(F)cn2)n1. The van der Waals surface area contributed by atoms with Crippen LogP contribution in [0.25, 0.3) is 5.95 Å². The van der Waals surface area contributed by atoms with E-state index >= 15 is 0 Å². The van der Waals surface area contributed by atoms with Gasteiger partial charge in [0.05, 0.1) is 18.4 Å². The van der Waals surface area contributed by atoms with Crippen LogP contribution in [0.2, 0.25) is 0 Å². The van der Waals surface area contributed by atoms with Gasteiger partial charge in [0.25, 0.3) is 5.95 Å². The Kier molecular flexibility index (Phi) is 4.57. The molecule has 2 rings (SSSR count). The van der Waals surface area contributed by atoms with Crippen LogP contribution in [0, 0.1) is 12.7 Å². The molecule has 23 heavy (non-hydrogen) atoms. The molecule has 2 aromatic rings. The highest BCUT2D eigenvalue weighted by Crippen LogP contribution is 2.15. The molecule has 2 aromatic heterocycles. The van der Waals surface area contributed by atoms with E-state index in [2.05, 4.69) is 25.4 Å². The lowest BCUT2D eigenvalue weighted by Gasteiger charge is -2.21. The summed E-state index contributed by atoms with van der Waals surface area (Å²) in [6, 6.07) is -0.500. The Morgan fingerprint density at radius 3 is 2.52 bits per heavy atom. The molecule has 0 aliphatic heterocycles. The van der Waals surface area contributed by atoms with E-state index in [1.165, 1.54) is 4.68 Å². The smallest absolute Gasteiger partial charge is 0.408 e. The van der Waals surface area contributed by atoms with Crippen LogP contribution in [-0.2, 0) is 4.74 Å². The minimum absolute atomic E-state index is 0.167. The average molecular weight is 322 g/mol. The molecule has 124 valence electrons. The fraction of sp³-hybridized carbons (Fsp3) is 0.500. The third-order valence-electron chi connectivity index (χ3n) is 2.65. The molecule has 2 heterocycles. The predicted molar refractivity (Wildman–Crippen MR) is 79.4 cm³/mol. The Morgan fingerprint density at radius 1 is 1.35 bits per heavy atom. The van der Waals surface area contributed by atoms with Gasteiger partial charge in [0.15, 0.2) is 11.6 Å². The molecule has 1 atom stereocenters. The Morgan fingerprint density at radius 2 is 1.96 bits per heavy atom. The monoisotopic (exact) mass is 322 g/mol. The van der Waals surface area contributed by atoms with Crippen LogP contribution in [0.1, 0.15) is 45.4 Å². The van der Waals surface area contributed by atoms with Gasteiger partial charge in [0.1, 0.15) is 11.4 Å². The summed E-state index contributed by atoms with van der Waals surface area (Å²) in [6.07, 6.45) is 1.50. The topological polar surface area (TPSA) is 94.8 Å². The summed E-state index contributed by atoms with van der Waals surface area (Å²) in [5, 5.41) is 6.85. The van der Waals surface area contributed by atoms with E-state index in [1.807, 2.05) is 0 Å². The molecule has 0 saturated carbocycles. The second kappa shape index (κ2) is 6.27. The Bertz CT molecular complexity index is 692. The van der Waals surface area contributed by atoms with Gasteiger partial charge in [0.2, 0.25) is 0 Å². The molecule has 0 saturated heterocycles. The van der Waals surface area contributed by atoms with Gasteiger partial charge < -0.3 is 10.1 Å². The molecule has 9 heteroatoms. The van der Waals surface area contributed by atoms with Crippen LogP contribution < -0.4 is 5.32 Å². The highest BCUT2D eigenvalue weighted by molar-refractivity contribution is 5.68. The van der Waals surface area contributed by atoms with Crippen molar-refractivity contribution in [3.8, 4) is 5.95 Å². The molecule has 1 amide bonds. The van der Waals surface area contributed by atoms with Crippen LogP contribution >= 0.6 is 0 Å². The summed E-state index contributed by atoms with van der Waals surface area (Å²) < 4.78 is 19.5. The van der Waals surface area contributed by atoms with Crippen molar-refractivity contribution in [2.24, 2.45) is 0 Å². The molecule has 8 nitrogen and oxygen atoms in total. The zero-order valence-corrected chi connectivity index (χ0v) is 13.7. The molecule has 1 N–H and O–H groups in total. The molecule has 0 aromatic carbocycles. The van der Waals surface area contributed by atoms with Crippen LogP contribution in [0.4, 0.5) is 9.18 Å². The maximum atomic E-state index is 13.0. The van der Waals surface area contributed by atoms with Gasteiger partial charge in [-0.2, -0.15) is 4.68 Å². The molecule has 0 aliphatic carbocycles. The van der Waals surface area contributed by atoms with Gasteiger partial charge in [0, 0.05) is 0 Å². The van der Waals surface area contributed by atoms with E-state index < -0.39 is 23.6 Å². The number of aromatic nitrogens is 5. The number of rotatable bonds is 3. The normalized spacial score (nSPS) is 12.8. The molecule has 0 radical (unpaired) electrons. The van der Waals surface area contributed by atoms with Gasteiger partial charge >= 0.3 is 6.09 Å². The number of amides is 1. The number of hydrogen-bond acceptors (Lipinski definition) is 6. The maximum absolute atomic E-state index is 13.0. The largest absolute Gasteiger partial charge is 0.444 e.